The number of aromatic nitrogens is 3. The summed E-state index contributed by atoms with van der Waals surface area (Å²) in [6.07, 6.45) is 1.75. The molecule has 0 fully saturated rings. The molecule has 7 aromatic carbocycles. The number of rotatable bonds is 8. The van der Waals surface area contributed by atoms with Crippen molar-refractivity contribution in [2.45, 2.75) is 19.7 Å². The Morgan fingerprint density at radius 1 is 0.607 bits per heavy atom. The zero-order chi connectivity index (χ0) is 39.8. The molecule has 0 spiro atoms. The maximum Gasteiger partial charge on any atom is 0.148 e. The van der Waals surface area contributed by atoms with E-state index in [9.17, 15) is 5.11 Å². The van der Waals surface area contributed by atoms with Crippen LogP contribution in [0.1, 0.15) is 33.6 Å². The van der Waals surface area contributed by atoms with Gasteiger partial charge in [-0.15, -0.1) is 29.3 Å². The van der Waals surface area contributed by atoms with E-state index in [1.807, 2.05) is 71.3 Å². The minimum Gasteiger partial charge on any atom is -0.507 e. The van der Waals surface area contributed by atoms with Crippen LogP contribution >= 0.6 is 0 Å². The van der Waals surface area contributed by atoms with Gasteiger partial charge in [-0.3, -0.25) is 9.55 Å². The second-order valence-electron chi connectivity index (χ2n) is 13.8. The number of fused-ring (bicyclic) bond motifs is 1. The van der Waals surface area contributed by atoms with Crippen LogP contribution in [0.3, 0.4) is 0 Å². The van der Waals surface area contributed by atoms with Crippen molar-refractivity contribution in [1.29, 1.82) is 0 Å². The molecule has 0 aliphatic rings. The Bertz CT molecular complexity index is 2890. The van der Waals surface area contributed by atoms with Crippen molar-refractivity contribution >= 4 is 11.0 Å². The summed E-state index contributed by atoms with van der Waals surface area (Å²) in [6, 6.07) is 61.3. The number of hydrogen-bond acceptors (Lipinski definition) is 3. The fourth-order valence-corrected chi connectivity index (χ4v) is 7.36. The molecule has 5 heteroatoms. The summed E-state index contributed by atoms with van der Waals surface area (Å²) in [5.41, 5.74) is 12.2. The first-order valence-corrected chi connectivity index (χ1v) is 18.4. The van der Waals surface area contributed by atoms with Gasteiger partial charge in [-0.2, -0.15) is 0 Å². The van der Waals surface area contributed by atoms with Gasteiger partial charge in [0.2, 0.25) is 0 Å². The van der Waals surface area contributed by atoms with Crippen LogP contribution in [0.2, 0.25) is 0 Å². The van der Waals surface area contributed by atoms with E-state index in [-0.39, 0.29) is 38.3 Å². The number of hydrogen-bond donors (Lipinski definition) is 1. The summed E-state index contributed by atoms with van der Waals surface area (Å²) in [5.74, 6) is 0.911. The van der Waals surface area contributed by atoms with Gasteiger partial charge in [-0.25, -0.2) is 4.98 Å². The Kier molecular flexibility index (Phi) is 9.31. The number of phenols is 1. The fraction of sp³-hybridized carbons (Fsp3) is 0.0588. The minimum atomic E-state index is -2.39. The predicted molar refractivity (Wildman–Crippen MR) is 225 cm³/mol. The van der Waals surface area contributed by atoms with Gasteiger partial charge < -0.3 is 5.11 Å². The van der Waals surface area contributed by atoms with Crippen LogP contribution in [0.15, 0.2) is 182 Å². The van der Waals surface area contributed by atoms with Crippen LogP contribution < -0.4 is 0 Å². The fourth-order valence-electron chi connectivity index (χ4n) is 7.36. The number of pyridine rings is 1. The first-order valence-electron chi connectivity index (χ1n) is 19.9. The van der Waals surface area contributed by atoms with E-state index in [4.69, 9.17) is 14.1 Å². The molecule has 1 atom stereocenters. The van der Waals surface area contributed by atoms with Crippen molar-refractivity contribution in [3.8, 4) is 67.5 Å². The molecule has 0 aliphatic carbocycles. The molecule has 0 saturated carbocycles. The molecule has 9 rings (SSSR count). The Hall–Kier alpha value is -6.35. The van der Waals surface area contributed by atoms with Gasteiger partial charge in [0, 0.05) is 48.7 Å². The van der Waals surface area contributed by atoms with Crippen LogP contribution in [0.5, 0.6) is 5.75 Å². The number of aromatic hydroxyl groups is 1. The van der Waals surface area contributed by atoms with Gasteiger partial charge in [-0.1, -0.05) is 152 Å². The van der Waals surface area contributed by atoms with Gasteiger partial charge in [0.1, 0.15) is 11.6 Å². The third-order valence-corrected chi connectivity index (χ3v) is 10.3. The first-order chi connectivity index (χ1) is 28.2. The second-order valence-corrected chi connectivity index (χ2v) is 13.8. The molecule has 1 unspecified atom stereocenters. The van der Waals surface area contributed by atoms with Crippen LogP contribution in [0.4, 0.5) is 0 Å². The van der Waals surface area contributed by atoms with Crippen molar-refractivity contribution < 1.29 is 30.3 Å². The monoisotopic (exact) mass is 906 g/mol. The number of aryl methyl sites for hydroxylation is 1. The molecule has 56 heavy (non-hydrogen) atoms. The summed E-state index contributed by atoms with van der Waals surface area (Å²) < 4.78 is 27.4. The summed E-state index contributed by atoms with van der Waals surface area (Å²) in [6.45, 7) is -0.184. The molecule has 2 heterocycles. The Morgan fingerprint density at radius 3 is 1.98 bits per heavy atom. The van der Waals surface area contributed by atoms with E-state index >= 15 is 0 Å². The Labute approximate surface area is 346 Å². The quantitative estimate of drug-likeness (QED) is 0.155. The van der Waals surface area contributed by atoms with Crippen LogP contribution in [-0.4, -0.2) is 19.6 Å². The smallest absolute Gasteiger partial charge is 0.148 e. The van der Waals surface area contributed by atoms with E-state index < -0.39 is 6.85 Å². The number of nitrogens with zero attached hydrogens (tertiary/aromatic N) is 3. The zero-order valence-corrected chi connectivity index (χ0v) is 32.8. The van der Waals surface area contributed by atoms with Crippen molar-refractivity contribution in [2.24, 2.45) is 0 Å². The molecular formula is C51H38N3OPt-. The van der Waals surface area contributed by atoms with E-state index in [1.165, 1.54) is 11.1 Å². The van der Waals surface area contributed by atoms with E-state index in [2.05, 4.69) is 97.9 Å². The maximum atomic E-state index is 11.1. The van der Waals surface area contributed by atoms with Gasteiger partial charge >= 0.3 is 0 Å². The van der Waals surface area contributed by atoms with Gasteiger partial charge in [-0.05, 0) is 69.8 Å². The van der Waals surface area contributed by atoms with Crippen LogP contribution in [-0.2, 0) is 21.1 Å². The van der Waals surface area contributed by atoms with Crippen molar-refractivity contribution in [3.63, 3.8) is 0 Å². The largest absolute Gasteiger partial charge is 0.507 e. The molecule has 4 nitrogen and oxygen atoms in total. The summed E-state index contributed by atoms with van der Waals surface area (Å²) in [4.78, 5) is 9.91. The SMILES string of the molecule is [2H]C([2H])([2H])c1cc(-c2cc(-c3ccc(C(C)c4ccccc4)cc3)ccn2)[c-]c(-c2cccc3c2nc(-c2ccccc2O)n3-c2ccc(-c3ccccc3)cc2)c1.[Pt]. The molecule has 1 N–H and O–H groups in total. The molecule has 2 aromatic heterocycles. The molecule has 9 aromatic rings. The van der Waals surface area contributed by atoms with Crippen LogP contribution in [0, 0.1) is 12.9 Å². The summed E-state index contributed by atoms with van der Waals surface area (Å²) in [7, 11) is 0. The third kappa shape index (κ3) is 7.12. The zero-order valence-electron chi connectivity index (χ0n) is 33.5. The number of imidazole rings is 1. The summed E-state index contributed by atoms with van der Waals surface area (Å²) in [5, 5.41) is 11.1. The molecule has 274 valence electrons. The Morgan fingerprint density at radius 2 is 1.23 bits per heavy atom. The molecule has 0 saturated heterocycles. The standard InChI is InChI=1S/C51H38N3O.Pt/c1-34-30-42(32-43(31-34)47-33-41(28-29-52-47)40-22-20-37(21-23-40)35(2)36-12-5-3-6-13-36)45-17-11-18-48-50(45)53-51(46-16-9-10-19-49(46)55)54(48)44-26-24-39(25-27-44)38-14-7-4-8-15-38;/h3-31,33,35,55H,1-2H3;/q-1;/i1D3;. The van der Waals surface area contributed by atoms with Crippen molar-refractivity contribution in [3.05, 3.63) is 205 Å². The normalized spacial score (nSPS) is 12.6. The number of para-hydroxylation sites is 2. The van der Waals surface area contributed by atoms with Gasteiger partial charge in [0.15, 0.2) is 0 Å². The predicted octanol–water partition coefficient (Wildman–Crippen LogP) is 12.7. The topological polar surface area (TPSA) is 50.9 Å². The number of benzene rings is 7. The number of phenolic OH excluding ortho intramolecular Hbond substituents is 1. The van der Waals surface area contributed by atoms with Crippen molar-refractivity contribution in [2.75, 3.05) is 0 Å². The van der Waals surface area contributed by atoms with E-state index in [1.54, 1.807) is 30.5 Å². The molecule has 0 bridgehead atoms. The van der Waals surface area contributed by atoms with Gasteiger partial charge in [0.25, 0.3) is 0 Å². The van der Waals surface area contributed by atoms with Crippen molar-refractivity contribution in [1.82, 2.24) is 14.5 Å². The van der Waals surface area contributed by atoms with Gasteiger partial charge in [0.05, 0.1) is 16.6 Å². The average Bonchev–Trinajstić information content (AvgIpc) is 3.66. The molecule has 0 amide bonds. The molecular weight excluding hydrogens is 866 g/mol. The summed E-state index contributed by atoms with van der Waals surface area (Å²) >= 11 is 0. The molecule has 0 radical (unpaired) electrons. The molecule has 0 aliphatic heterocycles. The third-order valence-electron chi connectivity index (χ3n) is 10.3. The van der Waals surface area contributed by atoms with E-state index in [0.29, 0.717) is 39.3 Å². The Balaban J connectivity index is 0.00000484. The second kappa shape index (κ2) is 15.8. The maximum absolute atomic E-state index is 11.1. The van der Waals surface area contributed by atoms with E-state index in [0.717, 1.165) is 33.5 Å². The van der Waals surface area contributed by atoms with Crippen LogP contribution in [0.25, 0.3) is 72.7 Å². The minimum absolute atomic E-state index is 0. The average molecular weight is 907 g/mol. The first kappa shape index (κ1) is 33.0.